The highest BCUT2D eigenvalue weighted by Crippen LogP contribution is 2.58. The molecule has 3 aliphatic rings. The Balaban J connectivity index is 1.64. The molecule has 0 aromatic rings. The summed E-state index contributed by atoms with van der Waals surface area (Å²) in [6, 6.07) is 0. The van der Waals surface area contributed by atoms with Crippen molar-refractivity contribution in [3.05, 3.63) is 60.1 Å². The van der Waals surface area contributed by atoms with E-state index in [1.807, 2.05) is 0 Å². The Morgan fingerprint density at radius 2 is 1.54 bits per heavy atom. The highest BCUT2D eigenvalue weighted by molar-refractivity contribution is 6.90. The summed E-state index contributed by atoms with van der Waals surface area (Å²) in [6.07, 6.45) is 12.3. The van der Waals surface area contributed by atoms with Gasteiger partial charge in [-0.2, -0.15) is 0 Å². The van der Waals surface area contributed by atoms with Gasteiger partial charge in [-0.15, -0.1) is 0 Å². The fourth-order valence-electron chi connectivity index (χ4n) is 5.61. The fourth-order valence-corrected chi connectivity index (χ4v) is 9.15. The summed E-state index contributed by atoms with van der Waals surface area (Å²) < 4.78 is 6.62. The SMILES string of the molecule is C[C]1[C](C)[C](C)[C]([Si](C)(C)[C]2[CH][CH][C](O[C@H]3C[C@H](C)CC[C@H]3C(C)C)[CH]2)[C]1C. The van der Waals surface area contributed by atoms with Crippen LogP contribution in [0.5, 0.6) is 0 Å². The minimum Gasteiger partial charge on any atom is -0.368 e. The van der Waals surface area contributed by atoms with Crippen molar-refractivity contribution in [3.63, 3.8) is 0 Å². The van der Waals surface area contributed by atoms with E-state index < -0.39 is 8.07 Å². The topological polar surface area (TPSA) is 9.23 Å². The van der Waals surface area contributed by atoms with Gasteiger partial charge in [0, 0.05) is 12.8 Å². The maximum atomic E-state index is 6.62. The number of hydrogen-bond donors (Lipinski definition) is 0. The van der Waals surface area contributed by atoms with Crippen molar-refractivity contribution in [3.8, 4) is 0 Å². The zero-order valence-corrected chi connectivity index (χ0v) is 20.6. The van der Waals surface area contributed by atoms with E-state index >= 15 is 0 Å². The van der Waals surface area contributed by atoms with E-state index in [4.69, 9.17) is 4.74 Å². The largest absolute Gasteiger partial charge is 0.368 e. The Morgan fingerprint density at radius 3 is 2.11 bits per heavy atom. The van der Waals surface area contributed by atoms with E-state index in [2.05, 4.69) is 80.8 Å². The molecule has 3 atom stereocenters. The Bertz CT molecular complexity index is 501. The Morgan fingerprint density at radius 1 is 0.929 bits per heavy atom. The highest BCUT2D eigenvalue weighted by Gasteiger charge is 2.55. The van der Waals surface area contributed by atoms with Gasteiger partial charge in [0.15, 0.2) is 0 Å². The maximum absolute atomic E-state index is 6.62. The van der Waals surface area contributed by atoms with Crippen molar-refractivity contribution in [2.75, 3.05) is 0 Å². The third-order valence-corrected chi connectivity index (χ3v) is 11.5. The summed E-state index contributed by atoms with van der Waals surface area (Å²) in [7, 11) is -1.73. The van der Waals surface area contributed by atoms with E-state index in [0.29, 0.717) is 17.9 Å². The van der Waals surface area contributed by atoms with Crippen LogP contribution in [0.4, 0.5) is 0 Å². The molecule has 2 heteroatoms. The lowest BCUT2D eigenvalue weighted by molar-refractivity contribution is -0.0187. The summed E-state index contributed by atoms with van der Waals surface area (Å²) in [5.74, 6) is 8.13. The van der Waals surface area contributed by atoms with Gasteiger partial charge in [0.05, 0.1) is 14.2 Å². The Hall–Kier alpha value is 0.177. The average molecular weight is 397 g/mol. The third-order valence-electron chi connectivity index (χ3n) is 7.76. The standard InChI is InChI=1S/C26H40OSi/c1-16(2)24-13-10-17(3)14-25(24)27-22-11-12-23(15-22)28(8,9)26-20(6)18(4)19(5)21(26)7/h11-12,15-17,24-25H,10,13-14H2,1-9H3/t17-,24+,25+/m1/s1. The predicted molar refractivity (Wildman–Crippen MR) is 122 cm³/mol. The zero-order chi connectivity index (χ0) is 20.8. The van der Waals surface area contributed by atoms with Gasteiger partial charge >= 0.3 is 0 Å². The first-order valence-corrected chi connectivity index (χ1v) is 14.2. The quantitative estimate of drug-likeness (QED) is 0.457. The van der Waals surface area contributed by atoms with E-state index in [9.17, 15) is 0 Å². The number of hydrogen-bond acceptors (Lipinski definition) is 1. The first-order valence-electron chi connectivity index (χ1n) is 11.2. The molecule has 0 aromatic heterocycles. The molecular formula is C26H40OSi. The van der Waals surface area contributed by atoms with Crippen LogP contribution in [0.1, 0.15) is 67.7 Å². The van der Waals surface area contributed by atoms with E-state index in [0.717, 1.165) is 12.0 Å². The summed E-state index contributed by atoms with van der Waals surface area (Å²) in [6.45, 7) is 21.3. The molecule has 3 aliphatic carbocycles. The van der Waals surface area contributed by atoms with E-state index in [1.54, 1.807) is 5.54 Å². The van der Waals surface area contributed by atoms with Gasteiger partial charge in [0.25, 0.3) is 0 Å². The molecule has 0 N–H and O–H groups in total. The van der Waals surface area contributed by atoms with Crippen LogP contribution in [0.15, 0.2) is 0 Å². The van der Waals surface area contributed by atoms with Crippen LogP contribution in [0.2, 0.25) is 13.1 Å². The van der Waals surface area contributed by atoms with Crippen molar-refractivity contribution in [1.82, 2.24) is 0 Å². The van der Waals surface area contributed by atoms with Crippen LogP contribution in [-0.2, 0) is 4.74 Å². The first-order chi connectivity index (χ1) is 13.0. The number of rotatable bonds is 5. The lowest BCUT2D eigenvalue weighted by Crippen LogP contribution is -2.45. The molecule has 0 aromatic carbocycles. The Labute approximate surface area is 177 Å². The van der Waals surface area contributed by atoms with Crippen molar-refractivity contribution >= 4 is 8.07 Å². The van der Waals surface area contributed by atoms with Crippen molar-refractivity contribution in [1.29, 1.82) is 0 Å². The van der Waals surface area contributed by atoms with Gasteiger partial charge < -0.3 is 4.74 Å². The summed E-state index contributed by atoms with van der Waals surface area (Å²) in [4.78, 5) is 0. The number of ether oxygens (including phenoxy) is 1. The summed E-state index contributed by atoms with van der Waals surface area (Å²) in [5.41, 5.74) is 3.13. The van der Waals surface area contributed by atoms with Gasteiger partial charge in [-0.1, -0.05) is 68.0 Å². The molecule has 0 bridgehead atoms. The third kappa shape index (κ3) is 4.29. The second kappa shape index (κ2) is 8.73. The van der Waals surface area contributed by atoms with Crippen LogP contribution < -0.4 is 0 Å². The second-order valence-corrected chi connectivity index (χ2v) is 14.6. The van der Waals surface area contributed by atoms with E-state index in [-0.39, 0.29) is 0 Å². The van der Waals surface area contributed by atoms with Gasteiger partial charge in [0.1, 0.15) is 6.10 Å². The van der Waals surface area contributed by atoms with Crippen LogP contribution in [0, 0.1) is 77.9 Å². The predicted octanol–water partition coefficient (Wildman–Crippen LogP) is 6.95. The summed E-state index contributed by atoms with van der Waals surface area (Å²) >= 11 is 0. The van der Waals surface area contributed by atoms with Crippen molar-refractivity contribution in [2.45, 2.75) is 86.9 Å². The van der Waals surface area contributed by atoms with Crippen LogP contribution in [-0.4, -0.2) is 14.2 Å². The van der Waals surface area contributed by atoms with Crippen molar-refractivity contribution in [2.24, 2.45) is 17.8 Å². The molecular weight excluding hydrogens is 356 g/mol. The molecule has 0 aliphatic heterocycles. The maximum Gasteiger partial charge on any atom is 0.105 e. The van der Waals surface area contributed by atoms with Crippen molar-refractivity contribution < 1.29 is 4.74 Å². The molecule has 3 rings (SSSR count). The highest BCUT2D eigenvalue weighted by atomic mass is 28.3. The molecule has 10 radical (unpaired) electrons. The zero-order valence-electron chi connectivity index (χ0n) is 19.6. The molecule has 0 unspecified atom stereocenters. The van der Waals surface area contributed by atoms with Gasteiger partial charge in [-0.05, 0) is 71.8 Å². The minimum atomic E-state index is -1.73. The van der Waals surface area contributed by atoms with Gasteiger partial charge in [-0.25, -0.2) is 0 Å². The average Bonchev–Trinajstić information content (AvgIpc) is 3.15. The Kier molecular flexibility index (Phi) is 7.13. The minimum absolute atomic E-state index is 0.371. The lowest BCUT2D eigenvalue weighted by atomic mass is 9.75. The molecule has 1 nitrogen and oxygen atoms in total. The molecule has 0 amide bonds. The molecule has 28 heavy (non-hydrogen) atoms. The van der Waals surface area contributed by atoms with Gasteiger partial charge in [0.2, 0.25) is 0 Å². The molecule has 0 saturated heterocycles. The van der Waals surface area contributed by atoms with Crippen LogP contribution in [0.3, 0.4) is 0 Å². The van der Waals surface area contributed by atoms with Crippen LogP contribution in [0.25, 0.3) is 0 Å². The molecule has 0 spiro atoms. The van der Waals surface area contributed by atoms with Gasteiger partial charge in [-0.3, -0.25) is 0 Å². The monoisotopic (exact) mass is 396 g/mol. The first kappa shape index (κ1) is 22.9. The normalized spacial score (nSPS) is 34.3. The van der Waals surface area contributed by atoms with Crippen LogP contribution >= 0.6 is 0 Å². The summed E-state index contributed by atoms with van der Waals surface area (Å²) in [5, 5.41) is 0. The lowest BCUT2D eigenvalue weighted by Gasteiger charge is -2.40. The second-order valence-electron chi connectivity index (χ2n) is 10.3. The molecule has 154 valence electrons. The molecule has 0 heterocycles. The smallest absolute Gasteiger partial charge is 0.105 e. The fraction of sp³-hybridized carbons (Fsp3) is 0.615. The van der Waals surface area contributed by atoms with E-state index in [1.165, 1.54) is 48.5 Å². The molecule has 3 saturated carbocycles. The molecule has 3 fully saturated rings.